The molecule has 1 fully saturated rings. The Kier molecular flexibility index (Phi) is 3.93. The van der Waals surface area contributed by atoms with E-state index in [1.54, 1.807) is 0 Å². The van der Waals surface area contributed by atoms with Gasteiger partial charge in [0.25, 0.3) is 0 Å². The van der Waals surface area contributed by atoms with E-state index in [1.807, 2.05) is 19.1 Å². The van der Waals surface area contributed by atoms with Crippen molar-refractivity contribution in [1.82, 2.24) is 5.32 Å². The van der Waals surface area contributed by atoms with E-state index in [1.165, 1.54) is 5.57 Å². The molecule has 2 nitrogen and oxygen atoms in total. The van der Waals surface area contributed by atoms with Gasteiger partial charge < -0.3 is 5.32 Å². The van der Waals surface area contributed by atoms with Gasteiger partial charge in [-0.05, 0) is 33.1 Å². The minimum absolute atomic E-state index is 0.0765. The Morgan fingerprint density at radius 2 is 2.00 bits per heavy atom. The number of amides is 1. The molecule has 0 unspecified atom stereocenters. The highest BCUT2D eigenvalue weighted by Crippen LogP contribution is 2.19. The first-order valence-corrected chi connectivity index (χ1v) is 5.28. The molecule has 0 aliphatic heterocycles. The summed E-state index contributed by atoms with van der Waals surface area (Å²) in [6.45, 7) is 6.04. The minimum Gasteiger partial charge on any atom is -0.350 e. The lowest BCUT2D eigenvalue weighted by molar-refractivity contribution is -0.117. The Morgan fingerprint density at radius 3 is 2.50 bits per heavy atom. The number of hydrogen-bond donors (Lipinski definition) is 1. The molecule has 0 atom stereocenters. The number of nitrogens with one attached hydrogen (secondary N) is 1. The number of hydrogen-bond acceptors (Lipinski definition) is 1. The maximum absolute atomic E-state index is 11.5. The molecule has 1 aliphatic rings. The van der Waals surface area contributed by atoms with Crippen LogP contribution in [-0.2, 0) is 4.79 Å². The summed E-state index contributed by atoms with van der Waals surface area (Å²) in [6.07, 6.45) is 7.23. The third-order valence-corrected chi connectivity index (χ3v) is 2.45. The Labute approximate surface area is 86.1 Å². The predicted octanol–water partition coefficient (Wildman–Crippen LogP) is 2.57. The van der Waals surface area contributed by atoms with Gasteiger partial charge in [0, 0.05) is 11.6 Å². The maximum atomic E-state index is 11.5. The van der Waals surface area contributed by atoms with E-state index >= 15 is 0 Å². The second-order valence-corrected chi connectivity index (χ2v) is 3.96. The molecular formula is C12H19NO. The molecular weight excluding hydrogens is 174 g/mol. The van der Waals surface area contributed by atoms with Crippen LogP contribution in [0.15, 0.2) is 23.3 Å². The molecule has 0 heterocycles. The van der Waals surface area contributed by atoms with Gasteiger partial charge in [-0.1, -0.05) is 24.6 Å². The molecule has 0 aromatic heterocycles. The van der Waals surface area contributed by atoms with Crippen molar-refractivity contribution in [2.75, 3.05) is 0 Å². The summed E-state index contributed by atoms with van der Waals surface area (Å²) in [6, 6.07) is 0.446. The van der Waals surface area contributed by atoms with Gasteiger partial charge in [-0.2, -0.15) is 0 Å². The van der Waals surface area contributed by atoms with Crippen LogP contribution in [0.5, 0.6) is 0 Å². The van der Waals surface area contributed by atoms with E-state index < -0.39 is 0 Å². The highest BCUT2D eigenvalue weighted by molar-refractivity contribution is 5.93. The molecule has 1 rings (SSSR count). The number of carbonyl (C=O) groups is 1. The molecule has 0 bridgehead atoms. The van der Waals surface area contributed by atoms with Gasteiger partial charge in [0.2, 0.25) is 5.91 Å². The van der Waals surface area contributed by atoms with Gasteiger partial charge in [0.1, 0.15) is 0 Å². The fraction of sp³-hybridized carbons (Fsp3) is 0.583. The smallest absolute Gasteiger partial charge is 0.247 e. The summed E-state index contributed by atoms with van der Waals surface area (Å²) in [5, 5.41) is 2.96. The Hall–Kier alpha value is -1.05. The SMILES string of the molecule is CC/C(C)=C\C=C(/C)C(=O)NC1CC1. The third kappa shape index (κ3) is 3.77. The van der Waals surface area contributed by atoms with Crippen LogP contribution in [0, 0.1) is 0 Å². The van der Waals surface area contributed by atoms with Gasteiger partial charge in [0.05, 0.1) is 0 Å². The largest absolute Gasteiger partial charge is 0.350 e. The van der Waals surface area contributed by atoms with Crippen LogP contribution in [0.2, 0.25) is 0 Å². The zero-order valence-corrected chi connectivity index (χ0v) is 9.26. The minimum atomic E-state index is 0.0765. The molecule has 0 spiro atoms. The van der Waals surface area contributed by atoms with Crippen molar-refractivity contribution < 1.29 is 4.79 Å². The van der Waals surface area contributed by atoms with Gasteiger partial charge in [-0.25, -0.2) is 0 Å². The molecule has 0 saturated heterocycles. The van der Waals surface area contributed by atoms with Crippen molar-refractivity contribution in [3.8, 4) is 0 Å². The van der Waals surface area contributed by atoms with Gasteiger partial charge in [-0.3, -0.25) is 4.79 Å². The van der Waals surface area contributed by atoms with Crippen molar-refractivity contribution in [3.63, 3.8) is 0 Å². The lowest BCUT2D eigenvalue weighted by Crippen LogP contribution is -2.25. The molecule has 1 amide bonds. The van der Waals surface area contributed by atoms with E-state index in [9.17, 15) is 4.79 Å². The van der Waals surface area contributed by atoms with Crippen LogP contribution in [0.25, 0.3) is 0 Å². The quantitative estimate of drug-likeness (QED) is 0.539. The standard InChI is InChI=1S/C12H19NO/c1-4-9(2)5-6-10(3)12(14)13-11-7-8-11/h5-6,11H,4,7-8H2,1-3H3,(H,13,14)/b9-5-,10-6+. The first kappa shape index (κ1) is 11.0. The zero-order valence-electron chi connectivity index (χ0n) is 9.26. The molecule has 1 saturated carbocycles. The summed E-state index contributed by atoms with van der Waals surface area (Å²) in [5.74, 6) is 0.0765. The molecule has 2 heteroatoms. The van der Waals surface area contributed by atoms with Gasteiger partial charge >= 0.3 is 0 Å². The normalized spacial score (nSPS) is 18.2. The average Bonchev–Trinajstić information content (AvgIpc) is 2.97. The zero-order chi connectivity index (χ0) is 10.6. The molecule has 1 aliphatic carbocycles. The Morgan fingerprint density at radius 1 is 1.36 bits per heavy atom. The lowest BCUT2D eigenvalue weighted by Gasteiger charge is -2.01. The van der Waals surface area contributed by atoms with E-state index in [0.29, 0.717) is 6.04 Å². The first-order chi connectivity index (χ1) is 6.63. The van der Waals surface area contributed by atoms with E-state index in [-0.39, 0.29) is 5.91 Å². The topological polar surface area (TPSA) is 29.1 Å². The summed E-state index contributed by atoms with van der Waals surface area (Å²) in [4.78, 5) is 11.5. The van der Waals surface area contributed by atoms with E-state index in [0.717, 1.165) is 24.8 Å². The van der Waals surface area contributed by atoms with Crippen LogP contribution in [0.3, 0.4) is 0 Å². The summed E-state index contributed by atoms with van der Waals surface area (Å²) < 4.78 is 0. The van der Waals surface area contributed by atoms with Gasteiger partial charge in [0.15, 0.2) is 0 Å². The number of allylic oxidation sites excluding steroid dienone is 3. The van der Waals surface area contributed by atoms with Crippen LogP contribution in [-0.4, -0.2) is 11.9 Å². The highest BCUT2D eigenvalue weighted by Gasteiger charge is 2.23. The van der Waals surface area contributed by atoms with E-state index in [4.69, 9.17) is 0 Å². The second-order valence-electron chi connectivity index (χ2n) is 3.96. The van der Waals surface area contributed by atoms with Crippen LogP contribution < -0.4 is 5.32 Å². The summed E-state index contributed by atoms with van der Waals surface area (Å²) in [5.41, 5.74) is 2.09. The van der Waals surface area contributed by atoms with Gasteiger partial charge in [-0.15, -0.1) is 0 Å². The van der Waals surface area contributed by atoms with Crippen molar-refractivity contribution in [2.24, 2.45) is 0 Å². The van der Waals surface area contributed by atoms with Crippen LogP contribution in [0.1, 0.15) is 40.0 Å². The Balaban J connectivity index is 2.44. The maximum Gasteiger partial charge on any atom is 0.247 e. The highest BCUT2D eigenvalue weighted by atomic mass is 16.1. The fourth-order valence-electron chi connectivity index (χ4n) is 0.988. The Bertz CT molecular complexity index is 272. The van der Waals surface area contributed by atoms with Crippen molar-refractivity contribution in [1.29, 1.82) is 0 Å². The summed E-state index contributed by atoms with van der Waals surface area (Å²) >= 11 is 0. The van der Waals surface area contributed by atoms with Crippen molar-refractivity contribution >= 4 is 5.91 Å². The predicted molar refractivity (Wildman–Crippen MR) is 59.0 cm³/mol. The molecule has 14 heavy (non-hydrogen) atoms. The van der Waals surface area contributed by atoms with Crippen LogP contribution in [0.4, 0.5) is 0 Å². The van der Waals surface area contributed by atoms with Crippen molar-refractivity contribution in [3.05, 3.63) is 23.3 Å². The molecule has 78 valence electrons. The first-order valence-electron chi connectivity index (χ1n) is 5.28. The number of carbonyl (C=O) groups excluding carboxylic acids is 1. The summed E-state index contributed by atoms with van der Waals surface area (Å²) in [7, 11) is 0. The van der Waals surface area contributed by atoms with Crippen molar-refractivity contribution in [2.45, 2.75) is 46.1 Å². The third-order valence-electron chi connectivity index (χ3n) is 2.45. The molecule has 0 radical (unpaired) electrons. The second kappa shape index (κ2) is 4.99. The van der Waals surface area contributed by atoms with E-state index in [2.05, 4.69) is 19.2 Å². The monoisotopic (exact) mass is 193 g/mol. The molecule has 0 aromatic rings. The molecule has 1 N–H and O–H groups in total. The van der Waals surface area contributed by atoms with Crippen LogP contribution >= 0.6 is 0 Å². The average molecular weight is 193 g/mol. The fourth-order valence-corrected chi connectivity index (χ4v) is 0.988. The number of rotatable bonds is 4. The molecule has 0 aromatic carbocycles. The lowest BCUT2D eigenvalue weighted by atomic mass is 10.2.